The zero-order valence-corrected chi connectivity index (χ0v) is 26.4. The van der Waals surface area contributed by atoms with Crippen LogP contribution in [0.1, 0.15) is 23.4 Å². The summed E-state index contributed by atoms with van der Waals surface area (Å²) < 4.78 is 31.2. The van der Waals surface area contributed by atoms with Crippen LogP contribution in [0.15, 0.2) is 99.3 Å². The highest BCUT2D eigenvalue weighted by Gasteiger charge is 2.48. The topological polar surface area (TPSA) is 56.5 Å². The zero-order chi connectivity index (χ0) is 26.3. The standard InChI is InChI=1S/C30H27N4O2S3.HI/c1-19-10-12-20(13-11-19)39(35,36)31-34-23-14-16-32-25-6-2-4-8-27(25)37-29(32)21(23)18-22-24(34)15-17-33-26-7-3-5-9-28(26)38-30(22)33;/h2-13,18,23-24,31H,14-17H2,1H3;1H/q+1;/p-1. The van der Waals surface area contributed by atoms with Crippen molar-refractivity contribution in [3.63, 3.8) is 0 Å². The van der Waals surface area contributed by atoms with Gasteiger partial charge in [-0.25, -0.2) is 13.4 Å². The molecule has 10 heteroatoms. The second-order valence-electron chi connectivity index (χ2n) is 10.5. The van der Waals surface area contributed by atoms with Gasteiger partial charge in [-0.05, 0) is 49.8 Å². The largest absolute Gasteiger partial charge is 1.00 e. The first-order valence-corrected chi connectivity index (χ1v) is 16.4. The van der Waals surface area contributed by atoms with E-state index < -0.39 is 10.0 Å². The Bertz CT molecular complexity index is 1830. The van der Waals surface area contributed by atoms with Crippen molar-refractivity contribution >= 4 is 54.6 Å². The normalized spacial score (nSPS) is 21.6. The van der Waals surface area contributed by atoms with Gasteiger partial charge < -0.3 is 28.9 Å². The third kappa shape index (κ3) is 4.10. The first kappa shape index (κ1) is 26.7. The third-order valence-corrected chi connectivity index (χ3v) is 12.0. The number of rotatable bonds is 3. The van der Waals surface area contributed by atoms with Crippen molar-refractivity contribution in [3.8, 4) is 0 Å². The van der Waals surface area contributed by atoms with E-state index in [0.717, 1.165) is 31.5 Å². The van der Waals surface area contributed by atoms with Crippen LogP contribution >= 0.6 is 23.1 Å². The predicted octanol–water partition coefficient (Wildman–Crippen LogP) is 2.46. The van der Waals surface area contributed by atoms with Gasteiger partial charge in [0.15, 0.2) is 6.54 Å². The molecule has 4 aliphatic heterocycles. The zero-order valence-electron chi connectivity index (χ0n) is 21.7. The van der Waals surface area contributed by atoms with Gasteiger partial charge in [0.1, 0.15) is 4.70 Å². The summed E-state index contributed by atoms with van der Waals surface area (Å²) in [6.45, 7) is 3.68. The molecule has 40 heavy (non-hydrogen) atoms. The second kappa shape index (κ2) is 9.95. The van der Waals surface area contributed by atoms with Crippen LogP contribution in [0.2, 0.25) is 0 Å². The highest BCUT2D eigenvalue weighted by Crippen LogP contribution is 2.52. The summed E-state index contributed by atoms with van der Waals surface area (Å²) in [5, 5.41) is 4.51. The molecule has 0 saturated carbocycles. The lowest BCUT2D eigenvalue weighted by molar-refractivity contribution is -0.673. The summed E-state index contributed by atoms with van der Waals surface area (Å²) >= 11 is 3.61. The Morgan fingerprint density at radius 3 is 2.58 bits per heavy atom. The van der Waals surface area contributed by atoms with E-state index in [9.17, 15) is 8.42 Å². The number of nitrogens with zero attached hydrogens (tertiary/aromatic N) is 3. The number of hydrazine groups is 1. The van der Waals surface area contributed by atoms with Crippen LogP contribution in [-0.4, -0.2) is 32.1 Å². The van der Waals surface area contributed by atoms with E-state index in [4.69, 9.17) is 0 Å². The molecule has 4 aliphatic rings. The number of nitrogens with one attached hydrogen (secondary N) is 1. The quantitative estimate of drug-likeness (QED) is 0.264. The van der Waals surface area contributed by atoms with Crippen LogP contribution in [0.4, 0.5) is 5.69 Å². The van der Waals surface area contributed by atoms with Crippen molar-refractivity contribution in [1.29, 1.82) is 0 Å². The minimum Gasteiger partial charge on any atom is -1.00 e. The monoisotopic (exact) mass is 698 g/mol. The third-order valence-electron chi connectivity index (χ3n) is 8.22. The fourth-order valence-electron chi connectivity index (χ4n) is 6.36. The van der Waals surface area contributed by atoms with Gasteiger partial charge in [-0.2, -0.15) is 4.57 Å². The number of anilines is 1. The Labute approximate surface area is 259 Å². The van der Waals surface area contributed by atoms with E-state index in [2.05, 4.69) is 73.9 Å². The van der Waals surface area contributed by atoms with Crippen LogP contribution in [-0.2, 0) is 16.6 Å². The first-order chi connectivity index (χ1) is 19.0. The molecule has 0 radical (unpaired) electrons. The van der Waals surface area contributed by atoms with Gasteiger partial charge >= 0.3 is 0 Å². The number of benzene rings is 3. The molecule has 1 N–H and O–H groups in total. The van der Waals surface area contributed by atoms with Crippen molar-refractivity contribution in [2.45, 2.75) is 48.2 Å². The first-order valence-electron chi connectivity index (χ1n) is 13.3. The summed E-state index contributed by atoms with van der Waals surface area (Å²) in [4.78, 5) is 7.06. The molecule has 0 aliphatic carbocycles. The van der Waals surface area contributed by atoms with E-state index in [1.54, 1.807) is 35.2 Å². The molecule has 0 saturated heterocycles. The maximum absolute atomic E-state index is 13.7. The van der Waals surface area contributed by atoms with Gasteiger partial charge in [0.2, 0.25) is 5.52 Å². The summed E-state index contributed by atoms with van der Waals surface area (Å²) in [6.07, 6.45) is 4.07. The second-order valence-corrected chi connectivity index (χ2v) is 14.3. The van der Waals surface area contributed by atoms with Gasteiger partial charge in [0.25, 0.3) is 15.0 Å². The van der Waals surface area contributed by atoms with E-state index in [0.29, 0.717) is 4.90 Å². The average Bonchev–Trinajstić information content (AvgIpc) is 3.52. The Hall–Kier alpha value is -2.22. The average molecular weight is 699 g/mol. The lowest BCUT2D eigenvalue weighted by Gasteiger charge is -2.46. The Balaban J connectivity index is 0.00000264. The van der Waals surface area contributed by atoms with E-state index in [1.165, 1.54) is 42.0 Å². The Kier molecular flexibility index (Phi) is 6.64. The van der Waals surface area contributed by atoms with E-state index >= 15 is 0 Å². The molecule has 3 aromatic carbocycles. The number of aryl methyl sites for hydroxylation is 2. The van der Waals surface area contributed by atoms with Crippen molar-refractivity contribution < 1.29 is 37.0 Å². The summed E-state index contributed by atoms with van der Waals surface area (Å²) in [5.74, 6) is 0. The van der Waals surface area contributed by atoms with Gasteiger partial charge in [-0.3, -0.25) is 0 Å². The number of aromatic nitrogens is 1. The van der Waals surface area contributed by atoms with Crippen LogP contribution in [0.25, 0.3) is 15.8 Å². The number of fused-ring (bicyclic) bond motifs is 9. The van der Waals surface area contributed by atoms with Gasteiger partial charge in [0, 0.05) is 29.5 Å². The summed E-state index contributed by atoms with van der Waals surface area (Å²) in [7, 11) is -3.75. The molecule has 204 valence electrons. The maximum Gasteiger partial charge on any atom is 0.267 e. The SMILES string of the molecule is Cc1ccc(S(=O)(=O)NN2C3CC[n+]4c(sc5ccccc54)C3=CC3=C4Sc5ccccc5N4CCC32)cc1.[I-]. The van der Waals surface area contributed by atoms with Crippen LogP contribution in [0.5, 0.6) is 0 Å². The fraction of sp³-hybridized carbons (Fsp3) is 0.233. The van der Waals surface area contributed by atoms with Gasteiger partial charge in [-0.15, -0.1) is 4.83 Å². The maximum atomic E-state index is 13.7. The molecular formula is C30H27IN4O2S3. The minimum atomic E-state index is -3.75. The smallest absolute Gasteiger partial charge is 0.267 e. The molecule has 0 amide bonds. The summed E-state index contributed by atoms with van der Waals surface area (Å²) in [5.41, 5.74) is 5.93. The predicted molar refractivity (Wildman–Crippen MR) is 157 cm³/mol. The highest BCUT2D eigenvalue weighted by atomic mass is 127. The number of sulfonamides is 1. The summed E-state index contributed by atoms with van der Waals surface area (Å²) in [6, 6.07) is 24.1. The lowest BCUT2D eigenvalue weighted by atomic mass is 9.86. The number of hydrogen-bond donors (Lipinski definition) is 1. The van der Waals surface area contributed by atoms with Crippen molar-refractivity contribution in [2.75, 3.05) is 11.4 Å². The van der Waals surface area contributed by atoms with Gasteiger partial charge in [-0.1, -0.05) is 65.1 Å². The Morgan fingerprint density at radius 2 is 1.73 bits per heavy atom. The van der Waals surface area contributed by atoms with Crippen molar-refractivity contribution in [2.24, 2.45) is 0 Å². The van der Waals surface area contributed by atoms with E-state index in [1.807, 2.05) is 19.1 Å². The number of hydrogen-bond acceptors (Lipinski definition) is 6. The number of halogens is 1. The molecule has 2 unspecified atom stereocenters. The molecule has 0 spiro atoms. The molecule has 8 rings (SSSR count). The highest BCUT2D eigenvalue weighted by molar-refractivity contribution is 8.03. The van der Waals surface area contributed by atoms with Crippen LogP contribution < -0.4 is 38.3 Å². The minimum absolute atomic E-state index is 0. The van der Waals surface area contributed by atoms with Crippen molar-refractivity contribution in [3.05, 3.63) is 100 Å². The molecule has 4 aromatic rings. The molecule has 2 atom stereocenters. The molecule has 0 bridgehead atoms. The molecule has 0 fully saturated rings. The fourth-order valence-corrected chi connectivity index (χ4v) is 9.99. The molecule has 5 heterocycles. The van der Waals surface area contributed by atoms with E-state index in [-0.39, 0.29) is 36.1 Å². The van der Waals surface area contributed by atoms with Crippen LogP contribution in [0.3, 0.4) is 0 Å². The number of thioether (sulfide) groups is 1. The van der Waals surface area contributed by atoms with Gasteiger partial charge in [0.05, 0.1) is 33.3 Å². The van der Waals surface area contributed by atoms with Crippen molar-refractivity contribution in [1.82, 2.24) is 9.84 Å². The molecule has 6 nitrogen and oxygen atoms in total. The lowest BCUT2D eigenvalue weighted by Crippen LogP contribution is -3.00. The van der Waals surface area contributed by atoms with Crippen LogP contribution in [0, 0.1) is 6.92 Å². The number of para-hydroxylation sites is 2. The Morgan fingerprint density at radius 1 is 0.950 bits per heavy atom. The number of thiazole rings is 1. The molecule has 1 aromatic heterocycles. The molecular weight excluding hydrogens is 671 g/mol.